The number of primary amides is 1. The van der Waals surface area contributed by atoms with Crippen molar-refractivity contribution in [3.05, 3.63) is 24.3 Å². The minimum Gasteiger partial charge on any atom is -0.491 e. The van der Waals surface area contributed by atoms with Crippen LogP contribution in [0.3, 0.4) is 0 Å². The number of ether oxygens (including phenoxy) is 1. The van der Waals surface area contributed by atoms with Crippen molar-refractivity contribution in [1.82, 2.24) is 0 Å². The summed E-state index contributed by atoms with van der Waals surface area (Å²) in [7, 11) is 0. The van der Waals surface area contributed by atoms with Crippen LogP contribution in [-0.2, 0) is 4.79 Å². The SMILES string of the molecule is CC(CN)Nc1ccccc1OCCC(N)=O. The Morgan fingerprint density at radius 3 is 2.82 bits per heavy atom. The van der Waals surface area contributed by atoms with Gasteiger partial charge in [0.15, 0.2) is 0 Å². The third-order valence-corrected chi connectivity index (χ3v) is 2.25. The van der Waals surface area contributed by atoms with Crippen LogP contribution in [-0.4, -0.2) is 25.1 Å². The van der Waals surface area contributed by atoms with Gasteiger partial charge in [-0.25, -0.2) is 0 Å². The molecule has 0 aromatic heterocycles. The van der Waals surface area contributed by atoms with Crippen molar-refractivity contribution in [2.45, 2.75) is 19.4 Å². The molecule has 0 heterocycles. The predicted octanol–water partition coefficient (Wildman–Crippen LogP) is 0.700. The Balaban J connectivity index is 2.60. The molecule has 1 aromatic rings. The monoisotopic (exact) mass is 237 g/mol. The van der Waals surface area contributed by atoms with Crippen molar-refractivity contribution in [1.29, 1.82) is 0 Å². The molecule has 1 atom stereocenters. The molecule has 1 rings (SSSR count). The number of hydrogen-bond donors (Lipinski definition) is 3. The summed E-state index contributed by atoms with van der Waals surface area (Å²) in [6.07, 6.45) is 0.209. The molecular formula is C12H19N3O2. The van der Waals surface area contributed by atoms with E-state index in [-0.39, 0.29) is 25.0 Å². The van der Waals surface area contributed by atoms with Crippen molar-refractivity contribution >= 4 is 11.6 Å². The number of carbonyl (C=O) groups is 1. The van der Waals surface area contributed by atoms with Gasteiger partial charge in [-0.1, -0.05) is 12.1 Å². The van der Waals surface area contributed by atoms with Crippen LogP contribution in [0.15, 0.2) is 24.3 Å². The van der Waals surface area contributed by atoms with Crippen LogP contribution in [0, 0.1) is 0 Å². The second-order valence-corrected chi connectivity index (χ2v) is 3.84. The zero-order valence-electron chi connectivity index (χ0n) is 9.98. The van der Waals surface area contributed by atoms with Gasteiger partial charge in [-0.05, 0) is 19.1 Å². The fraction of sp³-hybridized carbons (Fsp3) is 0.417. The van der Waals surface area contributed by atoms with Gasteiger partial charge in [-0.3, -0.25) is 4.79 Å². The standard InChI is InChI=1S/C12H19N3O2/c1-9(8-13)15-10-4-2-3-5-11(10)17-7-6-12(14)16/h2-5,9,15H,6-8,13H2,1H3,(H2,14,16). The van der Waals surface area contributed by atoms with Crippen LogP contribution >= 0.6 is 0 Å². The molecule has 1 aromatic carbocycles. The normalized spacial score (nSPS) is 11.9. The third-order valence-electron chi connectivity index (χ3n) is 2.25. The summed E-state index contributed by atoms with van der Waals surface area (Å²) in [4.78, 5) is 10.6. The number of nitrogens with one attached hydrogen (secondary N) is 1. The lowest BCUT2D eigenvalue weighted by Gasteiger charge is -2.16. The molecule has 0 aliphatic heterocycles. The molecule has 0 radical (unpaired) electrons. The lowest BCUT2D eigenvalue weighted by molar-refractivity contribution is -0.118. The summed E-state index contributed by atoms with van der Waals surface area (Å²) in [5.41, 5.74) is 11.5. The maximum Gasteiger partial charge on any atom is 0.220 e. The first kappa shape index (κ1) is 13.3. The number of amides is 1. The highest BCUT2D eigenvalue weighted by Gasteiger charge is 2.06. The fourth-order valence-corrected chi connectivity index (χ4v) is 1.30. The molecule has 0 saturated heterocycles. The van der Waals surface area contributed by atoms with Crippen molar-refractivity contribution < 1.29 is 9.53 Å². The lowest BCUT2D eigenvalue weighted by atomic mass is 10.2. The first-order valence-electron chi connectivity index (χ1n) is 5.60. The predicted molar refractivity (Wildman–Crippen MR) is 67.9 cm³/mol. The number of benzene rings is 1. The fourth-order valence-electron chi connectivity index (χ4n) is 1.30. The Hall–Kier alpha value is -1.75. The zero-order chi connectivity index (χ0) is 12.7. The zero-order valence-corrected chi connectivity index (χ0v) is 9.98. The van der Waals surface area contributed by atoms with Gasteiger partial charge in [0.2, 0.25) is 5.91 Å². The number of carbonyl (C=O) groups excluding carboxylic acids is 1. The van der Waals surface area contributed by atoms with Crippen LogP contribution in [0.25, 0.3) is 0 Å². The molecule has 0 fully saturated rings. The van der Waals surface area contributed by atoms with Crippen LogP contribution < -0.4 is 21.5 Å². The second-order valence-electron chi connectivity index (χ2n) is 3.84. The van der Waals surface area contributed by atoms with Crippen LogP contribution in [0.2, 0.25) is 0 Å². The number of nitrogens with two attached hydrogens (primary N) is 2. The molecule has 0 aliphatic rings. The molecule has 17 heavy (non-hydrogen) atoms. The largest absolute Gasteiger partial charge is 0.491 e. The highest BCUT2D eigenvalue weighted by Crippen LogP contribution is 2.24. The first-order chi connectivity index (χ1) is 8.13. The van der Waals surface area contributed by atoms with E-state index in [1.165, 1.54) is 0 Å². The van der Waals surface area contributed by atoms with Gasteiger partial charge >= 0.3 is 0 Å². The average molecular weight is 237 g/mol. The molecule has 5 heteroatoms. The van der Waals surface area contributed by atoms with Crippen LogP contribution in [0.4, 0.5) is 5.69 Å². The smallest absolute Gasteiger partial charge is 0.220 e. The first-order valence-corrected chi connectivity index (χ1v) is 5.60. The molecule has 0 spiro atoms. The van der Waals surface area contributed by atoms with Crippen LogP contribution in [0.5, 0.6) is 5.75 Å². The van der Waals surface area contributed by atoms with Crippen molar-refractivity contribution in [2.24, 2.45) is 11.5 Å². The molecule has 94 valence electrons. The molecule has 5 N–H and O–H groups in total. The van der Waals surface area contributed by atoms with E-state index < -0.39 is 0 Å². The summed E-state index contributed by atoms with van der Waals surface area (Å²) < 4.78 is 5.49. The van der Waals surface area contributed by atoms with Crippen molar-refractivity contribution in [2.75, 3.05) is 18.5 Å². The number of para-hydroxylation sites is 2. The van der Waals surface area contributed by atoms with E-state index in [4.69, 9.17) is 16.2 Å². The van der Waals surface area contributed by atoms with Gasteiger partial charge in [0.25, 0.3) is 0 Å². The average Bonchev–Trinajstić information content (AvgIpc) is 2.30. The van der Waals surface area contributed by atoms with E-state index in [0.29, 0.717) is 12.3 Å². The number of anilines is 1. The maximum atomic E-state index is 10.6. The molecule has 1 unspecified atom stereocenters. The quantitative estimate of drug-likeness (QED) is 0.651. The molecule has 1 amide bonds. The minimum absolute atomic E-state index is 0.163. The Kier molecular flexibility index (Phi) is 5.29. The van der Waals surface area contributed by atoms with Gasteiger partial charge in [-0.15, -0.1) is 0 Å². The third kappa shape index (κ3) is 4.74. The number of hydrogen-bond acceptors (Lipinski definition) is 4. The van der Waals surface area contributed by atoms with E-state index in [1.54, 1.807) is 0 Å². The second kappa shape index (κ2) is 6.75. The van der Waals surface area contributed by atoms with Gasteiger partial charge in [0.1, 0.15) is 5.75 Å². The van der Waals surface area contributed by atoms with E-state index in [9.17, 15) is 4.79 Å². The van der Waals surface area contributed by atoms with Gasteiger partial charge in [-0.2, -0.15) is 0 Å². The molecule has 0 saturated carbocycles. The molecule has 0 aliphatic carbocycles. The van der Waals surface area contributed by atoms with Gasteiger partial charge in [0.05, 0.1) is 18.7 Å². The Labute approximate surface area is 101 Å². The van der Waals surface area contributed by atoms with Crippen LogP contribution in [0.1, 0.15) is 13.3 Å². The number of rotatable bonds is 7. The van der Waals surface area contributed by atoms with Gasteiger partial charge in [0, 0.05) is 12.6 Å². The highest BCUT2D eigenvalue weighted by molar-refractivity contribution is 5.73. The van der Waals surface area contributed by atoms with Crippen molar-refractivity contribution in [3.63, 3.8) is 0 Å². The summed E-state index contributed by atoms with van der Waals surface area (Å²) in [6.45, 7) is 2.81. The molecule has 0 bridgehead atoms. The topological polar surface area (TPSA) is 90.4 Å². The summed E-state index contributed by atoms with van der Waals surface area (Å²) in [5, 5.41) is 3.23. The van der Waals surface area contributed by atoms with E-state index >= 15 is 0 Å². The lowest BCUT2D eigenvalue weighted by Crippen LogP contribution is -2.25. The Morgan fingerprint density at radius 1 is 1.47 bits per heavy atom. The summed E-state index contributed by atoms with van der Waals surface area (Å²) in [6, 6.07) is 7.69. The summed E-state index contributed by atoms with van der Waals surface area (Å²) in [5.74, 6) is 0.333. The molecule has 5 nitrogen and oxygen atoms in total. The van der Waals surface area contributed by atoms with Crippen molar-refractivity contribution in [3.8, 4) is 5.75 Å². The highest BCUT2D eigenvalue weighted by atomic mass is 16.5. The van der Waals surface area contributed by atoms with Gasteiger partial charge < -0.3 is 21.5 Å². The Morgan fingerprint density at radius 2 is 2.18 bits per heavy atom. The molecular weight excluding hydrogens is 218 g/mol. The minimum atomic E-state index is -0.370. The summed E-state index contributed by atoms with van der Waals surface area (Å²) >= 11 is 0. The van der Waals surface area contributed by atoms with E-state index in [1.807, 2.05) is 31.2 Å². The van der Waals surface area contributed by atoms with E-state index in [2.05, 4.69) is 5.32 Å². The Bertz CT molecular complexity index is 369. The maximum absolute atomic E-state index is 10.6. The van der Waals surface area contributed by atoms with E-state index in [0.717, 1.165) is 5.69 Å².